The molecule has 2 aliphatic rings. The molecular weight excluding hydrogens is 384 g/mol. The fourth-order valence-electron chi connectivity index (χ4n) is 4.11. The molecule has 31 heavy (non-hydrogen) atoms. The first-order valence-corrected chi connectivity index (χ1v) is 10.7. The largest absolute Gasteiger partial charge is 0.280 e. The Morgan fingerprint density at radius 3 is 2.32 bits per heavy atom. The Balaban J connectivity index is 1.48. The zero-order chi connectivity index (χ0) is 21.6. The number of aromatic nitrogens is 2. The molecule has 0 saturated carbocycles. The van der Waals surface area contributed by atoms with Gasteiger partial charge in [-0.2, -0.15) is 5.10 Å². The minimum Gasteiger partial charge on any atom is -0.280 e. The minimum atomic E-state index is -0.636. The van der Waals surface area contributed by atoms with Crippen molar-refractivity contribution in [1.82, 2.24) is 15.6 Å². The van der Waals surface area contributed by atoms with Crippen molar-refractivity contribution in [3.63, 3.8) is 0 Å². The first kappa shape index (κ1) is 20.8. The van der Waals surface area contributed by atoms with Crippen LogP contribution in [0.2, 0.25) is 0 Å². The molecule has 2 atom stereocenters. The first-order chi connectivity index (χ1) is 15.1. The number of hydrogen-bond donors (Lipinski definition) is 2. The summed E-state index contributed by atoms with van der Waals surface area (Å²) in [7, 11) is 0. The number of amides is 1. The van der Waals surface area contributed by atoms with E-state index in [0.29, 0.717) is 12.2 Å². The van der Waals surface area contributed by atoms with Crippen molar-refractivity contribution >= 4 is 22.5 Å². The van der Waals surface area contributed by atoms with Crippen molar-refractivity contribution in [2.45, 2.75) is 32.6 Å². The second kappa shape index (κ2) is 9.13. The van der Waals surface area contributed by atoms with Gasteiger partial charge in [0, 0.05) is 16.2 Å². The van der Waals surface area contributed by atoms with Crippen molar-refractivity contribution in [1.29, 1.82) is 0 Å². The van der Waals surface area contributed by atoms with Gasteiger partial charge in [-0.15, -0.1) is 5.10 Å². The third-order valence-corrected chi connectivity index (χ3v) is 5.82. The van der Waals surface area contributed by atoms with Crippen LogP contribution in [0.4, 0.5) is 5.82 Å². The summed E-state index contributed by atoms with van der Waals surface area (Å²) >= 11 is 0. The third kappa shape index (κ3) is 4.82. The molecule has 0 aliphatic heterocycles. The van der Waals surface area contributed by atoms with Crippen molar-refractivity contribution in [2.75, 3.05) is 5.43 Å². The number of fused-ring (bicyclic) bond motifs is 1. The van der Waals surface area contributed by atoms with Crippen LogP contribution in [0.1, 0.15) is 32.6 Å². The van der Waals surface area contributed by atoms with Gasteiger partial charge in [0.05, 0.1) is 11.6 Å². The van der Waals surface area contributed by atoms with Gasteiger partial charge >= 0.3 is 0 Å². The normalized spacial score (nSPS) is 28.5. The molecule has 2 aromatic rings. The summed E-state index contributed by atoms with van der Waals surface area (Å²) in [4.78, 5) is 13.1. The van der Waals surface area contributed by atoms with Crippen LogP contribution in [0.5, 0.6) is 0 Å². The Labute approximate surface area is 183 Å². The van der Waals surface area contributed by atoms with Gasteiger partial charge in [-0.25, -0.2) is 0 Å². The Kier molecular flexibility index (Phi) is 6.12. The highest BCUT2D eigenvalue weighted by atomic mass is 16.2. The lowest BCUT2D eigenvalue weighted by atomic mass is 9.77. The molecule has 4 rings (SSSR count). The second-order valence-electron chi connectivity index (χ2n) is 8.35. The zero-order valence-corrected chi connectivity index (χ0v) is 17.8. The van der Waals surface area contributed by atoms with E-state index in [1.165, 1.54) is 0 Å². The molecular formula is C26H28N4O. The number of hydrazine groups is 1. The van der Waals surface area contributed by atoms with Crippen LogP contribution >= 0.6 is 0 Å². The lowest BCUT2D eigenvalue weighted by Crippen LogP contribution is -2.41. The van der Waals surface area contributed by atoms with Gasteiger partial charge in [-0.3, -0.25) is 15.6 Å². The predicted octanol–water partition coefficient (Wildman–Crippen LogP) is 5.43. The number of carbonyl (C=O) groups is 1. The average molecular weight is 413 g/mol. The molecule has 5 heteroatoms. The topological polar surface area (TPSA) is 66.9 Å². The number of allylic oxidation sites excluding steroid dienone is 9. The summed E-state index contributed by atoms with van der Waals surface area (Å²) in [5.74, 6) is 0.444. The van der Waals surface area contributed by atoms with Gasteiger partial charge < -0.3 is 0 Å². The predicted molar refractivity (Wildman–Crippen MR) is 126 cm³/mol. The SMILES string of the molecule is CC1(C(=O)NNc2nncc3ccccc23)C=CC2(C=CC/C=C\C/C=C\C/C=C\2)C1. The van der Waals surface area contributed by atoms with E-state index < -0.39 is 5.41 Å². The average Bonchev–Trinajstić information content (AvgIpc) is 3.13. The minimum absolute atomic E-state index is 0.0944. The fraction of sp³-hybridized carbons (Fsp3) is 0.269. The molecule has 2 N–H and O–H groups in total. The van der Waals surface area contributed by atoms with E-state index in [1.807, 2.05) is 37.3 Å². The van der Waals surface area contributed by atoms with Crippen LogP contribution in [0.25, 0.3) is 10.8 Å². The summed E-state index contributed by atoms with van der Waals surface area (Å²) in [6.07, 6.45) is 26.8. The van der Waals surface area contributed by atoms with E-state index >= 15 is 0 Å². The fourth-order valence-corrected chi connectivity index (χ4v) is 4.11. The molecule has 0 fully saturated rings. The lowest BCUT2D eigenvalue weighted by Gasteiger charge is -2.27. The van der Waals surface area contributed by atoms with E-state index in [9.17, 15) is 4.79 Å². The van der Waals surface area contributed by atoms with Gasteiger partial charge in [0.1, 0.15) is 0 Å². The summed E-state index contributed by atoms with van der Waals surface area (Å²) in [6.45, 7) is 1.97. The standard InChI is InChI=1S/C26H28N4O/c1-25(24(31)30-29-23-22-14-10-9-13-21(22)19-27-28-23)17-18-26(20-25)15-11-7-5-3-2-4-6-8-12-16-26/h3-6,9-19H,2,7-8,20H2,1H3,(H,28,29)(H,30,31)/b5-3-,6-4-,15-11-,16-12?. The Morgan fingerprint density at radius 1 is 0.903 bits per heavy atom. The molecule has 0 radical (unpaired) electrons. The highest BCUT2D eigenvalue weighted by Crippen LogP contribution is 2.46. The van der Waals surface area contributed by atoms with E-state index in [0.717, 1.165) is 30.0 Å². The maximum Gasteiger partial charge on any atom is 0.248 e. The molecule has 0 saturated heterocycles. The third-order valence-electron chi connectivity index (χ3n) is 5.82. The van der Waals surface area contributed by atoms with Crippen LogP contribution in [0, 0.1) is 10.8 Å². The Morgan fingerprint density at radius 2 is 1.58 bits per heavy atom. The number of nitrogens with zero attached hydrogens (tertiary/aromatic N) is 2. The molecule has 5 nitrogen and oxygen atoms in total. The van der Waals surface area contributed by atoms with Gasteiger partial charge in [-0.1, -0.05) is 85.0 Å². The first-order valence-electron chi connectivity index (χ1n) is 10.7. The maximum absolute atomic E-state index is 13.1. The summed E-state index contributed by atoms with van der Waals surface area (Å²) in [6, 6.07) is 7.81. The number of anilines is 1. The number of benzene rings is 1. The number of rotatable bonds is 3. The Hall–Kier alpha value is -3.47. The van der Waals surface area contributed by atoms with Crippen LogP contribution in [-0.2, 0) is 4.79 Å². The highest BCUT2D eigenvalue weighted by Gasteiger charge is 2.42. The van der Waals surface area contributed by atoms with Gasteiger partial charge in [0.25, 0.3) is 0 Å². The smallest absolute Gasteiger partial charge is 0.248 e. The van der Waals surface area contributed by atoms with Crippen molar-refractivity contribution in [3.8, 4) is 0 Å². The maximum atomic E-state index is 13.1. The summed E-state index contributed by atoms with van der Waals surface area (Å²) in [5, 5.41) is 10.0. The van der Waals surface area contributed by atoms with Crippen LogP contribution in [-0.4, -0.2) is 16.1 Å². The molecule has 2 unspecified atom stereocenters. The molecule has 1 amide bonds. The second-order valence-corrected chi connectivity index (χ2v) is 8.35. The quantitative estimate of drug-likeness (QED) is 0.521. The van der Waals surface area contributed by atoms with Crippen LogP contribution < -0.4 is 10.9 Å². The van der Waals surface area contributed by atoms with Gasteiger partial charge in [-0.05, 0) is 32.6 Å². The molecule has 1 aromatic heterocycles. The van der Waals surface area contributed by atoms with E-state index in [-0.39, 0.29) is 11.3 Å². The van der Waals surface area contributed by atoms with Crippen molar-refractivity contribution in [2.24, 2.45) is 10.8 Å². The lowest BCUT2D eigenvalue weighted by molar-refractivity contribution is -0.127. The van der Waals surface area contributed by atoms with Gasteiger partial charge in [0.15, 0.2) is 5.82 Å². The summed E-state index contributed by atoms with van der Waals surface area (Å²) < 4.78 is 0. The molecule has 1 heterocycles. The molecule has 0 bridgehead atoms. The van der Waals surface area contributed by atoms with Crippen molar-refractivity contribution < 1.29 is 4.79 Å². The Bertz CT molecular complexity index is 1070. The monoisotopic (exact) mass is 412 g/mol. The van der Waals surface area contributed by atoms with E-state index in [4.69, 9.17) is 0 Å². The number of hydrogen-bond acceptors (Lipinski definition) is 4. The number of nitrogens with one attached hydrogen (secondary N) is 2. The van der Waals surface area contributed by atoms with Gasteiger partial charge in [0.2, 0.25) is 5.91 Å². The van der Waals surface area contributed by atoms with E-state index in [2.05, 4.69) is 75.7 Å². The highest BCUT2D eigenvalue weighted by molar-refractivity contribution is 5.92. The summed E-state index contributed by atoms with van der Waals surface area (Å²) in [5.41, 5.74) is 4.93. The van der Waals surface area contributed by atoms with E-state index in [1.54, 1.807) is 6.20 Å². The van der Waals surface area contributed by atoms with Crippen LogP contribution in [0.15, 0.2) is 91.2 Å². The zero-order valence-electron chi connectivity index (χ0n) is 17.8. The molecule has 1 aromatic carbocycles. The molecule has 158 valence electrons. The molecule has 1 spiro atoms. The van der Waals surface area contributed by atoms with Crippen LogP contribution in [0.3, 0.4) is 0 Å². The van der Waals surface area contributed by atoms with Crippen molar-refractivity contribution in [3.05, 3.63) is 91.2 Å². The molecule has 2 aliphatic carbocycles. The number of carbonyl (C=O) groups excluding carboxylic acids is 1.